The van der Waals surface area contributed by atoms with Gasteiger partial charge in [-0.15, -0.1) is 11.3 Å². The summed E-state index contributed by atoms with van der Waals surface area (Å²) in [5.41, 5.74) is 1.20. The van der Waals surface area contributed by atoms with E-state index in [4.69, 9.17) is 11.6 Å². The molecule has 0 radical (unpaired) electrons. The van der Waals surface area contributed by atoms with Gasteiger partial charge in [0.2, 0.25) is 0 Å². The number of halogens is 2. The van der Waals surface area contributed by atoms with Gasteiger partial charge in [-0.2, -0.15) is 0 Å². The first-order chi connectivity index (χ1) is 16.6. The molecule has 0 unspecified atom stereocenters. The molecule has 0 spiro atoms. The highest BCUT2D eigenvalue weighted by Crippen LogP contribution is 2.27. The minimum atomic E-state index is -3.83. The molecule has 2 heterocycles. The van der Waals surface area contributed by atoms with Crippen LogP contribution in [0.25, 0.3) is 16.6 Å². The van der Waals surface area contributed by atoms with E-state index in [1.54, 1.807) is 25.1 Å². The van der Waals surface area contributed by atoms with Crippen LogP contribution in [0.15, 0.2) is 57.5 Å². The second-order valence-corrected chi connectivity index (χ2v) is 11.8. The Balaban J connectivity index is 1.60. The number of thiophene rings is 1. The van der Waals surface area contributed by atoms with Gasteiger partial charge in [-0.1, -0.05) is 17.7 Å². The van der Waals surface area contributed by atoms with Crippen molar-refractivity contribution in [3.63, 3.8) is 0 Å². The van der Waals surface area contributed by atoms with Crippen molar-refractivity contribution >= 4 is 55.1 Å². The van der Waals surface area contributed by atoms with Crippen molar-refractivity contribution in [2.75, 3.05) is 17.6 Å². The molecule has 1 N–H and O–H groups in total. The van der Waals surface area contributed by atoms with Crippen LogP contribution in [0, 0.1) is 12.7 Å². The number of aromatic nitrogens is 2. The molecule has 4 aromatic rings. The zero-order valence-corrected chi connectivity index (χ0v) is 21.2. The Morgan fingerprint density at radius 1 is 1.17 bits per heavy atom. The zero-order chi connectivity index (χ0) is 25.3. The maximum absolute atomic E-state index is 15.1. The number of Topliss-reactive ketones (excluding diaryl/α,β-unsaturated/α-hetero) is 1. The van der Waals surface area contributed by atoms with Crippen molar-refractivity contribution in [3.05, 3.63) is 80.4 Å². The number of ketones is 1. The van der Waals surface area contributed by atoms with Crippen LogP contribution in [-0.2, 0) is 21.1 Å². The number of hydrogen-bond acceptors (Lipinski definition) is 7. The maximum atomic E-state index is 15.1. The van der Waals surface area contributed by atoms with Crippen molar-refractivity contribution in [2.24, 2.45) is 0 Å². The summed E-state index contributed by atoms with van der Waals surface area (Å²) in [6.45, 7) is 4.29. The fourth-order valence-electron chi connectivity index (χ4n) is 3.76. The lowest BCUT2D eigenvalue weighted by Gasteiger charge is -2.13. The Kier molecular flexibility index (Phi) is 7.07. The standard InChI is InChI=1S/C24H21ClFN3O4S2/c1-3-27-16-5-6-18-20(12-16)28-14(2)29(24(18)31)21-7-4-15(11-19(21)26)10-17(30)13-35(32,33)23-9-8-22(25)34-23/h4-9,11-12,27H,3,10,13H2,1-2H3. The molecule has 0 aliphatic carbocycles. The van der Waals surface area contributed by atoms with Gasteiger partial charge < -0.3 is 5.32 Å². The molecule has 0 aliphatic heterocycles. The molecule has 35 heavy (non-hydrogen) atoms. The number of nitrogens with one attached hydrogen (secondary N) is 1. The Morgan fingerprint density at radius 2 is 1.94 bits per heavy atom. The number of sulfone groups is 1. The van der Waals surface area contributed by atoms with Crippen LogP contribution in [0.4, 0.5) is 10.1 Å². The van der Waals surface area contributed by atoms with Gasteiger partial charge in [0.15, 0.2) is 15.6 Å². The molecule has 0 saturated heterocycles. The molecule has 0 aliphatic rings. The monoisotopic (exact) mass is 533 g/mol. The summed E-state index contributed by atoms with van der Waals surface area (Å²) in [5, 5.41) is 3.50. The maximum Gasteiger partial charge on any atom is 0.266 e. The molecule has 2 aromatic heterocycles. The summed E-state index contributed by atoms with van der Waals surface area (Å²) >= 11 is 6.66. The Morgan fingerprint density at radius 3 is 2.60 bits per heavy atom. The summed E-state index contributed by atoms with van der Waals surface area (Å²) in [4.78, 5) is 30.0. The van der Waals surface area contributed by atoms with Gasteiger partial charge in [-0.3, -0.25) is 14.2 Å². The van der Waals surface area contributed by atoms with Crippen molar-refractivity contribution in [1.29, 1.82) is 0 Å². The smallest absolute Gasteiger partial charge is 0.266 e. The molecule has 7 nitrogen and oxygen atoms in total. The van der Waals surface area contributed by atoms with E-state index in [-0.39, 0.29) is 16.3 Å². The summed E-state index contributed by atoms with van der Waals surface area (Å²) in [6.07, 6.45) is -0.271. The third-order valence-corrected chi connectivity index (χ3v) is 8.77. The SMILES string of the molecule is CCNc1ccc2c(=O)n(-c3ccc(CC(=O)CS(=O)(=O)c4ccc(Cl)s4)cc3F)c(C)nc2c1. The quantitative estimate of drug-likeness (QED) is 0.356. The van der Waals surface area contributed by atoms with Gasteiger partial charge in [0.1, 0.15) is 21.6 Å². The van der Waals surface area contributed by atoms with E-state index in [0.717, 1.165) is 29.6 Å². The van der Waals surface area contributed by atoms with Crippen molar-refractivity contribution in [2.45, 2.75) is 24.5 Å². The predicted molar refractivity (Wildman–Crippen MR) is 136 cm³/mol. The average molecular weight is 534 g/mol. The average Bonchev–Trinajstić information content (AvgIpc) is 3.22. The number of carbonyl (C=O) groups is 1. The molecule has 11 heteroatoms. The normalized spacial score (nSPS) is 11.7. The second kappa shape index (κ2) is 9.88. The lowest BCUT2D eigenvalue weighted by molar-refractivity contribution is -0.116. The van der Waals surface area contributed by atoms with E-state index in [9.17, 15) is 18.0 Å². The van der Waals surface area contributed by atoms with Crippen LogP contribution in [0.5, 0.6) is 0 Å². The molecule has 0 amide bonds. The Bertz CT molecular complexity index is 1610. The number of fused-ring (bicyclic) bond motifs is 1. The number of anilines is 1. The van der Waals surface area contributed by atoms with Crippen molar-refractivity contribution < 1.29 is 17.6 Å². The lowest BCUT2D eigenvalue weighted by atomic mass is 10.1. The highest BCUT2D eigenvalue weighted by molar-refractivity contribution is 7.94. The number of rotatable bonds is 8. The minimum absolute atomic E-state index is 0.00490. The molecule has 0 atom stereocenters. The van der Waals surface area contributed by atoms with Gasteiger partial charge >= 0.3 is 0 Å². The summed E-state index contributed by atoms with van der Waals surface area (Å²) in [6, 6.07) is 12.0. The molecule has 0 saturated carbocycles. The van der Waals surface area contributed by atoms with E-state index in [1.165, 1.54) is 28.8 Å². The van der Waals surface area contributed by atoms with E-state index in [1.807, 2.05) is 6.92 Å². The van der Waals surface area contributed by atoms with Gasteiger partial charge in [0, 0.05) is 18.7 Å². The van der Waals surface area contributed by atoms with Crippen LogP contribution >= 0.6 is 22.9 Å². The minimum Gasteiger partial charge on any atom is -0.385 e. The Labute approximate surface area is 210 Å². The molecule has 4 rings (SSSR count). The number of aryl methyl sites for hydroxylation is 1. The first kappa shape index (κ1) is 25.0. The first-order valence-electron chi connectivity index (χ1n) is 10.6. The molecule has 0 fully saturated rings. The fraction of sp³-hybridized carbons (Fsp3) is 0.208. The molecular weight excluding hydrogens is 513 g/mol. The fourth-order valence-corrected chi connectivity index (χ4v) is 6.57. The second-order valence-electron chi connectivity index (χ2n) is 7.88. The Hall–Kier alpha value is -3.08. The van der Waals surface area contributed by atoms with Gasteiger partial charge in [0.05, 0.1) is 20.9 Å². The molecular formula is C24H21ClFN3O4S2. The van der Waals surface area contributed by atoms with Gasteiger partial charge in [0.25, 0.3) is 5.56 Å². The van der Waals surface area contributed by atoms with E-state index in [2.05, 4.69) is 10.3 Å². The number of hydrogen-bond donors (Lipinski definition) is 1. The molecule has 182 valence electrons. The third kappa shape index (κ3) is 5.29. The topological polar surface area (TPSA) is 98.1 Å². The largest absolute Gasteiger partial charge is 0.385 e. The number of benzene rings is 2. The first-order valence-corrected chi connectivity index (χ1v) is 13.5. The van der Waals surface area contributed by atoms with Gasteiger partial charge in [-0.25, -0.2) is 17.8 Å². The van der Waals surface area contributed by atoms with E-state index >= 15 is 4.39 Å². The van der Waals surface area contributed by atoms with E-state index in [0.29, 0.717) is 26.6 Å². The number of nitrogens with zero attached hydrogens (tertiary/aromatic N) is 2. The third-order valence-electron chi connectivity index (χ3n) is 5.28. The van der Waals surface area contributed by atoms with E-state index < -0.39 is 32.7 Å². The summed E-state index contributed by atoms with van der Waals surface area (Å²) < 4.78 is 41.4. The van der Waals surface area contributed by atoms with Crippen LogP contribution in [0.1, 0.15) is 18.3 Å². The van der Waals surface area contributed by atoms with Crippen LogP contribution in [0.3, 0.4) is 0 Å². The van der Waals surface area contributed by atoms with Crippen LogP contribution in [0.2, 0.25) is 4.34 Å². The van der Waals surface area contributed by atoms with Crippen molar-refractivity contribution in [1.82, 2.24) is 9.55 Å². The van der Waals surface area contributed by atoms with Crippen molar-refractivity contribution in [3.8, 4) is 5.69 Å². The molecule has 2 aromatic carbocycles. The zero-order valence-electron chi connectivity index (χ0n) is 18.8. The van der Waals surface area contributed by atoms with Crippen LogP contribution in [-0.4, -0.2) is 36.0 Å². The lowest BCUT2D eigenvalue weighted by Crippen LogP contribution is -2.23. The van der Waals surface area contributed by atoms with Gasteiger partial charge in [-0.05, 0) is 61.9 Å². The molecule has 0 bridgehead atoms. The highest BCUT2D eigenvalue weighted by Gasteiger charge is 2.22. The van der Waals surface area contributed by atoms with Crippen LogP contribution < -0.4 is 10.9 Å². The number of carbonyl (C=O) groups excluding carboxylic acids is 1. The highest BCUT2D eigenvalue weighted by atomic mass is 35.5. The predicted octanol–water partition coefficient (Wildman–Crippen LogP) is 4.57. The summed E-state index contributed by atoms with van der Waals surface area (Å²) in [7, 11) is -3.83. The summed E-state index contributed by atoms with van der Waals surface area (Å²) in [5.74, 6) is -1.72.